The highest BCUT2D eigenvalue weighted by Gasteiger charge is 2.54. The van der Waals surface area contributed by atoms with Gasteiger partial charge in [0.1, 0.15) is 31.1 Å². The fourth-order valence-corrected chi connectivity index (χ4v) is 7.44. The smallest absolute Gasteiger partial charge is 0.309 e. The number of likely N-dealkylation sites (tertiary alicyclic amines) is 1. The number of nitrogens with one attached hydrogen (secondary N) is 2. The lowest BCUT2D eigenvalue weighted by Gasteiger charge is -2.35. The number of rotatable bonds is 7. The number of quaternary nitrogens is 1. The van der Waals surface area contributed by atoms with Gasteiger partial charge in [-0.3, -0.25) is 19.8 Å². The van der Waals surface area contributed by atoms with Gasteiger partial charge < -0.3 is 19.9 Å². The van der Waals surface area contributed by atoms with E-state index >= 15 is 0 Å². The third kappa shape index (κ3) is 6.18. The van der Waals surface area contributed by atoms with Crippen LogP contribution in [-0.4, -0.2) is 102 Å². The molecule has 3 fully saturated rings. The minimum atomic E-state index is -0.0704. The summed E-state index contributed by atoms with van der Waals surface area (Å²) in [6.45, 7) is 6.29. The monoisotopic (exact) mass is 612 g/mol. The lowest BCUT2D eigenvalue weighted by atomic mass is 10.0. The molecule has 0 bridgehead atoms. The number of guanidine groups is 1. The van der Waals surface area contributed by atoms with Gasteiger partial charge in [0, 0.05) is 57.3 Å². The Kier molecular flexibility index (Phi) is 8.27. The summed E-state index contributed by atoms with van der Waals surface area (Å²) in [7, 11) is 3.55. The van der Waals surface area contributed by atoms with Crippen LogP contribution in [0.15, 0.2) is 65.0 Å². The van der Waals surface area contributed by atoms with Crippen molar-refractivity contribution in [1.29, 1.82) is 0 Å². The van der Waals surface area contributed by atoms with Crippen LogP contribution in [0.3, 0.4) is 0 Å². The van der Waals surface area contributed by atoms with E-state index in [4.69, 9.17) is 9.73 Å². The molecule has 2 aromatic rings. The minimum absolute atomic E-state index is 0.0704. The summed E-state index contributed by atoms with van der Waals surface area (Å²) < 4.78 is 6.50. The van der Waals surface area contributed by atoms with Gasteiger partial charge in [0.05, 0.1) is 12.8 Å². The van der Waals surface area contributed by atoms with Crippen molar-refractivity contribution in [2.24, 2.45) is 4.99 Å². The number of methoxy groups -OCH3 is 1. The molecule has 2 saturated heterocycles. The number of ether oxygens (including phenoxy) is 1. The van der Waals surface area contributed by atoms with Crippen molar-refractivity contribution in [2.75, 3.05) is 58.7 Å². The maximum atomic E-state index is 13.3. The van der Waals surface area contributed by atoms with E-state index in [1.54, 1.807) is 7.11 Å². The van der Waals surface area contributed by atoms with Gasteiger partial charge in [-0.2, -0.15) is 4.99 Å². The highest BCUT2D eigenvalue weighted by atomic mass is 16.5. The Bertz CT molecular complexity index is 1490. The number of carbonyl (C=O) groups excluding carboxylic acids is 2. The van der Waals surface area contributed by atoms with Gasteiger partial charge in [0.15, 0.2) is 5.82 Å². The zero-order chi connectivity index (χ0) is 31.0. The molecule has 45 heavy (non-hydrogen) atoms. The topological polar surface area (TPSA) is 89.5 Å². The fourth-order valence-electron chi connectivity index (χ4n) is 7.44. The standard InChI is InChI=1S/C35H45N7O3/c1-39-30-24-42(20-21-42)35(38-33(30)41(19-16-32(39)43)28-10-6-7-11-28)37-29-13-12-26(22-31(29)45-2)34(44)36-27-14-17-40(18-15-27)23-25-8-4-3-5-9-25/h3-5,8-9,12-13,22,27-28H,6-7,10-11,14-21,23-24H2,1-2H3,(H-,36,37,38,44)/p+1. The molecule has 7 rings (SSSR count). The summed E-state index contributed by atoms with van der Waals surface area (Å²) in [5.41, 5.74) is 3.75. The first-order chi connectivity index (χ1) is 21.9. The largest absolute Gasteiger partial charge is 0.495 e. The number of likely N-dealkylation sites (N-methyl/N-ethyl adjacent to an activating group) is 1. The zero-order valence-corrected chi connectivity index (χ0v) is 26.6. The first-order valence-corrected chi connectivity index (χ1v) is 16.7. The lowest BCUT2D eigenvalue weighted by Crippen LogP contribution is -2.48. The number of hydrogen-bond donors (Lipinski definition) is 2. The summed E-state index contributed by atoms with van der Waals surface area (Å²) in [4.78, 5) is 38.2. The van der Waals surface area contributed by atoms with E-state index in [2.05, 4.69) is 44.7 Å². The van der Waals surface area contributed by atoms with Gasteiger partial charge in [0.25, 0.3) is 5.91 Å². The van der Waals surface area contributed by atoms with Crippen molar-refractivity contribution >= 4 is 23.5 Å². The minimum Gasteiger partial charge on any atom is -0.495 e. The first kappa shape index (κ1) is 29.8. The number of benzene rings is 2. The van der Waals surface area contributed by atoms with Crippen LogP contribution in [0.2, 0.25) is 0 Å². The fraction of sp³-hybridized carbons (Fsp3) is 0.514. The van der Waals surface area contributed by atoms with Crippen LogP contribution < -0.4 is 15.4 Å². The summed E-state index contributed by atoms with van der Waals surface area (Å²) in [6, 6.07) is 16.8. The molecule has 238 valence electrons. The summed E-state index contributed by atoms with van der Waals surface area (Å²) in [5.74, 6) is 2.54. The van der Waals surface area contributed by atoms with Gasteiger partial charge in [-0.25, -0.2) is 4.48 Å². The van der Waals surface area contributed by atoms with E-state index in [1.807, 2.05) is 36.2 Å². The molecule has 0 unspecified atom stereocenters. The molecular formula is C35H46N7O3+. The third-order valence-corrected chi connectivity index (χ3v) is 10.4. The van der Waals surface area contributed by atoms with Crippen LogP contribution in [0.5, 0.6) is 5.75 Å². The number of amides is 2. The number of anilines is 1. The third-order valence-electron chi connectivity index (χ3n) is 10.4. The second kappa shape index (κ2) is 12.5. The van der Waals surface area contributed by atoms with Crippen molar-refractivity contribution < 1.29 is 18.8 Å². The molecule has 4 aliphatic heterocycles. The summed E-state index contributed by atoms with van der Waals surface area (Å²) >= 11 is 0. The molecule has 1 saturated carbocycles. The first-order valence-electron chi connectivity index (χ1n) is 16.7. The van der Waals surface area contributed by atoms with Gasteiger partial charge in [-0.05, 0) is 49.4 Å². The lowest BCUT2D eigenvalue weighted by molar-refractivity contribution is -0.696. The van der Waals surface area contributed by atoms with Crippen molar-refractivity contribution in [3.05, 3.63) is 71.2 Å². The molecule has 0 atom stereocenters. The molecule has 0 radical (unpaired) electrons. The van der Waals surface area contributed by atoms with Gasteiger partial charge in [0.2, 0.25) is 5.91 Å². The molecule has 0 aromatic heterocycles. The van der Waals surface area contributed by atoms with Gasteiger partial charge in [-0.1, -0.05) is 43.2 Å². The second-order valence-corrected chi connectivity index (χ2v) is 13.3. The number of carbonyl (C=O) groups is 2. The van der Waals surface area contributed by atoms with Crippen molar-refractivity contribution in [2.45, 2.75) is 63.6 Å². The Morgan fingerprint density at radius 1 is 1.02 bits per heavy atom. The molecule has 5 aliphatic rings. The molecule has 2 amide bonds. The van der Waals surface area contributed by atoms with Gasteiger partial charge >= 0.3 is 5.96 Å². The molecule has 4 heterocycles. The van der Waals surface area contributed by atoms with Crippen LogP contribution in [-0.2, 0) is 11.3 Å². The predicted molar refractivity (Wildman–Crippen MR) is 174 cm³/mol. The van der Waals surface area contributed by atoms with Crippen molar-refractivity contribution in [1.82, 2.24) is 20.0 Å². The van der Waals surface area contributed by atoms with E-state index in [-0.39, 0.29) is 17.9 Å². The van der Waals surface area contributed by atoms with Crippen molar-refractivity contribution in [3.8, 4) is 5.75 Å². The molecule has 2 aromatic carbocycles. The average molecular weight is 613 g/mol. The predicted octanol–water partition coefficient (Wildman–Crippen LogP) is 3.98. The Morgan fingerprint density at radius 3 is 2.49 bits per heavy atom. The molecule has 2 N–H and O–H groups in total. The van der Waals surface area contributed by atoms with Crippen molar-refractivity contribution in [3.63, 3.8) is 0 Å². The van der Waals surface area contributed by atoms with Crippen LogP contribution in [0.1, 0.15) is 60.9 Å². The molecule has 10 nitrogen and oxygen atoms in total. The Hall–Kier alpha value is -3.89. The zero-order valence-electron chi connectivity index (χ0n) is 26.6. The molecule has 10 heteroatoms. The van der Waals surface area contributed by atoms with E-state index in [9.17, 15) is 9.59 Å². The number of nitrogens with zero attached hydrogens (tertiary/aromatic N) is 5. The highest BCUT2D eigenvalue weighted by Crippen LogP contribution is 2.39. The van der Waals surface area contributed by atoms with Crippen LogP contribution in [0, 0.1) is 0 Å². The van der Waals surface area contributed by atoms with Crippen LogP contribution in [0.4, 0.5) is 5.69 Å². The molecular weight excluding hydrogens is 566 g/mol. The Morgan fingerprint density at radius 2 is 1.78 bits per heavy atom. The van der Waals surface area contributed by atoms with E-state index < -0.39 is 0 Å². The normalized spacial score (nSPS) is 22.3. The number of piperidine rings is 1. The highest BCUT2D eigenvalue weighted by molar-refractivity contribution is 5.97. The number of hydrogen-bond acceptors (Lipinski definition) is 7. The maximum Gasteiger partial charge on any atom is 0.309 e. The van der Waals surface area contributed by atoms with E-state index in [0.29, 0.717) is 34.8 Å². The molecule has 1 spiro atoms. The average Bonchev–Trinajstić information content (AvgIpc) is 3.65. The SMILES string of the molecule is COc1cc(C(=O)NC2CCN(Cc3ccccc3)CC2)ccc1NC1=NC2=C(C[N+]13CC3)N(C)C(=O)CCN2C1CCCC1. The number of aliphatic imine (C=N–C) groups is 1. The second-order valence-electron chi connectivity index (χ2n) is 13.3. The summed E-state index contributed by atoms with van der Waals surface area (Å²) in [6.07, 6.45) is 7.15. The summed E-state index contributed by atoms with van der Waals surface area (Å²) in [5, 5.41) is 6.87. The maximum absolute atomic E-state index is 13.3. The van der Waals surface area contributed by atoms with Gasteiger partial charge in [-0.15, -0.1) is 0 Å². The van der Waals surface area contributed by atoms with E-state index in [1.165, 1.54) is 18.4 Å². The quantitative estimate of drug-likeness (QED) is 0.364. The Labute approximate surface area is 266 Å². The Balaban J connectivity index is 1.05. The van der Waals surface area contributed by atoms with Crippen LogP contribution >= 0.6 is 0 Å². The van der Waals surface area contributed by atoms with Crippen LogP contribution in [0.25, 0.3) is 0 Å². The van der Waals surface area contributed by atoms with E-state index in [0.717, 1.165) is 88.1 Å². The molecule has 1 aliphatic carbocycles.